The number of aromatic hydroxyl groups is 1. The topological polar surface area (TPSA) is 108 Å². The van der Waals surface area contributed by atoms with Crippen LogP contribution in [0.4, 0.5) is 4.39 Å². The quantitative estimate of drug-likeness (QED) is 0.435. The van der Waals surface area contributed by atoms with E-state index < -0.39 is 28.9 Å². The zero-order valence-corrected chi connectivity index (χ0v) is 14.0. The zero-order valence-electron chi connectivity index (χ0n) is 13.2. The lowest BCUT2D eigenvalue weighted by molar-refractivity contribution is 0.103. The van der Waals surface area contributed by atoms with Crippen molar-refractivity contribution in [3.63, 3.8) is 0 Å². The van der Waals surface area contributed by atoms with Gasteiger partial charge in [0, 0.05) is 6.54 Å². The molecule has 1 aromatic heterocycles. The molecule has 0 aliphatic carbocycles. The summed E-state index contributed by atoms with van der Waals surface area (Å²) in [7, 11) is 0. The summed E-state index contributed by atoms with van der Waals surface area (Å²) >= 11 is 4.97. The number of hydrogen-bond acceptors (Lipinski definition) is 6. The lowest BCUT2D eigenvalue weighted by Crippen LogP contribution is -2.25. The van der Waals surface area contributed by atoms with Crippen LogP contribution in [0.3, 0.4) is 0 Å². The molecule has 1 aromatic carbocycles. The van der Waals surface area contributed by atoms with Crippen molar-refractivity contribution >= 4 is 30.0 Å². The Morgan fingerprint density at radius 3 is 2.85 bits per heavy atom. The predicted molar refractivity (Wildman–Crippen MR) is 94.8 cm³/mol. The van der Waals surface area contributed by atoms with E-state index in [4.69, 9.17) is 22.4 Å². The van der Waals surface area contributed by atoms with E-state index in [0.29, 0.717) is 0 Å². The average Bonchev–Trinajstić information content (AvgIpc) is 2.58. The zero-order chi connectivity index (χ0) is 19.0. The molecule has 3 N–H and O–H groups in total. The molecule has 0 bridgehead atoms. The number of carbonyl (C=O) groups is 1. The van der Waals surface area contributed by atoms with Gasteiger partial charge in [0.1, 0.15) is 17.1 Å². The highest BCUT2D eigenvalue weighted by Crippen LogP contribution is 2.30. The average molecular weight is 373 g/mol. The van der Waals surface area contributed by atoms with Crippen molar-refractivity contribution in [2.24, 2.45) is 0 Å². The number of Topliss-reactive ketones (excluding diaryl/α,β-unsaturated/α-hetero) is 1. The molecule has 0 saturated carbocycles. The van der Waals surface area contributed by atoms with E-state index in [2.05, 4.69) is 11.6 Å². The minimum atomic E-state index is -0.744. The van der Waals surface area contributed by atoms with Gasteiger partial charge < -0.3 is 9.84 Å². The van der Waals surface area contributed by atoms with Gasteiger partial charge >= 0.3 is 0 Å². The summed E-state index contributed by atoms with van der Waals surface area (Å²) in [5, 5.41) is 18.2. The maximum Gasteiger partial charge on any atom is 0.262 e. The number of ketones is 1. The number of rotatable bonds is 3. The molecule has 1 aliphatic rings. The van der Waals surface area contributed by atoms with E-state index in [1.165, 1.54) is 16.7 Å². The molecule has 0 fully saturated rings. The normalized spacial score (nSPS) is 14.9. The van der Waals surface area contributed by atoms with Crippen molar-refractivity contribution in [1.29, 1.82) is 5.41 Å². The lowest BCUT2D eigenvalue weighted by Gasteiger charge is -2.19. The minimum absolute atomic E-state index is 0.0248. The number of H-pyrrole nitrogens is 1. The van der Waals surface area contributed by atoms with Crippen LogP contribution < -0.4 is 10.3 Å². The van der Waals surface area contributed by atoms with E-state index in [1.807, 2.05) is 0 Å². The molecule has 132 valence electrons. The second-order valence-corrected chi connectivity index (χ2v) is 5.74. The number of benzene rings is 1. The number of halogens is 1. The number of nitrogens with one attached hydrogen (secondary N) is 2. The first-order valence-corrected chi connectivity index (χ1v) is 7.74. The lowest BCUT2D eigenvalue weighted by atomic mass is 9.98. The highest BCUT2D eigenvalue weighted by Gasteiger charge is 2.29. The largest absolute Gasteiger partial charge is 0.494 e. The van der Waals surface area contributed by atoms with Crippen molar-refractivity contribution in [3.05, 3.63) is 68.5 Å². The maximum absolute atomic E-state index is 13.4. The van der Waals surface area contributed by atoms with Crippen LogP contribution in [0.1, 0.15) is 15.9 Å². The van der Waals surface area contributed by atoms with Crippen LogP contribution in [-0.4, -0.2) is 26.3 Å². The molecule has 7 nitrogen and oxygen atoms in total. The molecule has 1 aliphatic heterocycles. The van der Waals surface area contributed by atoms with Crippen molar-refractivity contribution in [2.45, 2.75) is 6.54 Å². The molecule has 0 radical (unpaired) electrons. The van der Waals surface area contributed by atoms with Crippen LogP contribution in [0.25, 0.3) is 6.08 Å². The van der Waals surface area contributed by atoms with Gasteiger partial charge in [0.2, 0.25) is 17.6 Å². The SMILES string of the molecule is C=CCn1c(O)c(C=C2C(=N)Oc3ccc(F)cc3C2=O)c(=O)[nH]c1=S. The molecule has 0 atom stereocenters. The first kappa shape index (κ1) is 17.5. The number of aromatic nitrogens is 2. The van der Waals surface area contributed by atoms with Crippen molar-refractivity contribution < 1.29 is 19.0 Å². The number of ether oxygens (including phenoxy) is 1. The summed E-state index contributed by atoms with van der Waals surface area (Å²) in [4.78, 5) is 27.1. The Morgan fingerprint density at radius 1 is 1.42 bits per heavy atom. The fourth-order valence-electron chi connectivity index (χ4n) is 2.46. The number of allylic oxidation sites excluding steroid dienone is 1. The molecule has 2 heterocycles. The van der Waals surface area contributed by atoms with Crippen LogP contribution in [-0.2, 0) is 6.54 Å². The van der Waals surface area contributed by atoms with Crippen LogP contribution in [0.15, 0.2) is 41.2 Å². The standard InChI is InChI=1S/C17H12FN3O4S/c1-2-5-21-16(24)11(15(23)20-17(21)26)7-10-13(22)9-6-8(18)3-4-12(9)25-14(10)19/h2-4,6-7,19,24H,1,5H2,(H,20,23,26). The molecule has 9 heteroatoms. The summed E-state index contributed by atoms with van der Waals surface area (Å²) < 4.78 is 19.8. The van der Waals surface area contributed by atoms with Gasteiger partial charge in [-0.05, 0) is 36.5 Å². The molecular formula is C17H12FN3O4S. The number of carbonyl (C=O) groups excluding carboxylic acids is 1. The Balaban J connectivity index is 2.19. The van der Waals surface area contributed by atoms with E-state index in [9.17, 15) is 19.1 Å². The van der Waals surface area contributed by atoms with Gasteiger partial charge in [-0.2, -0.15) is 0 Å². The van der Waals surface area contributed by atoms with Crippen LogP contribution >= 0.6 is 12.2 Å². The van der Waals surface area contributed by atoms with Gasteiger partial charge in [-0.25, -0.2) is 4.39 Å². The third-order valence-electron chi connectivity index (χ3n) is 3.69. The molecule has 26 heavy (non-hydrogen) atoms. The molecule has 3 rings (SSSR count). The third-order valence-corrected chi connectivity index (χ3v) is 4.02. The van der Waals surface area contributed by atoms with Gasteiger partial charge in [-0.1, -0.05) is 6.08 Å². The fourth-order valence-corrected chi connectivity index (χ4v) is 2.71. The smallest absolute Gasteiger partial charge is 0.262 e. The summed E-state index contributed by atoms with van der Waals surface area (Å²) in [6.07, 6.45) is 2.47. The van der Waals surface area contributed by atoms with Crippen molar-refractivity contribution in [2.75, 3.05) is 0 Å². The fraction of sp³-hybridized carbons (Fsp3) is 0.0588. The van der Waals surface area contributed by atoms with Crippen molar-refractivity contribution in [1.82, 2.24) is 9.55 Å². The maximum atomic E-state index is 13.4. The molecule has 0 saturated heterocycles. The first-order chi connectivity index (χ1) is 12.3. The van der Waals surface area contributed by atoms with Gasteiger partial charge in [-0.15, -0.1) is 6.58 Å². The second-order valence-electron chi connectivity index (χ2n) is 5.35. The van der Waals surface area contributed by atoms with Crippen LogP contribution in [0.2, 0.25) is 0 Å². The Hall–Kier alpha value is -3.33. The van der Waals surface area contributed by atoms with E-state index in [-0.39, 0.29) is 33.8 Å². The number of aromatic amines is 1. The van der Waals surface area contributed by atoms with Crippen LogP contribution in [0, 0.1) is 16.0 Å². The van der Waals surface area contributed by atoms with Crippen LogP contribution in [0.5, 0.6) is 11.6 Å². The Kier molecular flexibility index (Phi) is 4.39. The van der Waals surface area contributed by atoms with E-state index >= 15 is 0 Å². The summed E-state index contributed by atoms with van der Waals surface area (Å²) in [5.41, 5.74) is -1.41. The highest BCUT2D eigenvalue weighted by molar-refractivity contribution is 7.71. The molecule has 0 unspecified atom stereocenters. The molecular weight excluding hydrogens is 361 g/mol. The summed E-state index contributed by atoms with van der Waals surface area (Å²) in [6.45, 7) is 3.65. The first-order valence-electron chi connectivity index (χ1n) is 7.33. The van der Waals surface area contributed by atoms with E-state index in [1.54, 1.807) is 0 Å². The van der Waals surface area contributed by atoms with Gasteiger partial charge in [0.25, 0.3) is 5.56 Å². The second kappa shape index (κ2) is 6.52. The van der Waals surface area contributed by atoms with Gasteiger partial charge in [0.05, 0.1) is 11.1 Å². The monoisotopic (exact) mass is 373 g/mol. The molecule has 0 spiro atoms. The third kappa shape index (κ3) is 2.88. The van der Waals surface area contributed by atoms with E-state index in [0.717, 1.165) is 18.2 Å². The summed E-state index contributed by atoms with van der Waals surface area (Å²) in [5.74, 6) is -2.32. The minimum Gasteiger partial charge on any atom is -0.494 e. The molecule has 2 aromatic rings. The van der Waals surface area contributed by atoms with Gasteiger partial charge in [0.15, 0.2) is 4.77 Å². The number of fused-ring (bicyclic) bond motifs is 1. The van der Waals surface area contributed by atoms with Gasteiger partial charge in [-0.3, -0.25) is 24.5 Å². The number of hydrogen-bond donors (Lipinski definition) is 3. The Labute approximate surface area is 151 Å². The van der Waals surface area contributed by atoms with Crippen molar-refractivity contribution in [3.8, 4) is 11.6 Å². The molecule has 0 amide bonds. The number of nitrogens with zero attached hydrogens (tertiary/aromatic N) is 1. The predicted octanol–water partition coefficient (Wildman–Crippen LogP) is 2.57. The Bertz CT molecular complexity index is 1110. The summed E-state index contributed by atoms with van der Waals surface area (Å²) in [6, 6.07) is 3.32. The highest BCUT2D eigenvalue weighted by atomic mass is 32.1. The Morgan fingerprint density at radius 2 is 2.15 bits per heavy atom.